The number of carboxylic acid groups (broad SMARTS) is 1. The highest BCUT2D eigenvalue weighted by Crippen LogP contribution is 2.30. The third kappa shape index (κ3) is 7.28. The Labute approximate surface area is 190 Å². The summed E-state index contributed by atoms with van der Waals surface area (Å²) >= 11 is 0. The van der Waals surface area contributed by atoms with Gasteiger partial charge in [0.1, 0.15) is 42.7 Å². The van der Waals surface area contributed by atoms with Gasteiger partial charge in [0.2, 0.25) is 0 Å². The van der Waals surface area contributed by atoms with Crippen LogP contribution in [-0.2, 0) is 33.3 Å². The van der Waals surface area contributed by atoms with Crippen LogP contribution in [0.25, 0.3) is 0 Å². The van der Waals surface area contributed by atoms with Gasteiger partial charge < -0.3 is 54.3 Å². The lowest BCUT2D eigenvalue weighted by Gasteiger charge is -2.45. The van der Waals surface area contributed by atoms with Crippen molar-refractivity contribution in [2.24, 2.45) is 0 Å². The molecule has 0 aromatic rings. The van der Waals surface area contributed by atoms with E-state index in [1.807, 2.05) is 0 Å². The summed E-state index contributed by atoms with van der Waals surface area (Å²) in [6, 6.07) is 0. The zero-order chi connectivity index (χ0) is 25.0. The Hall–Kier alpha value is -1.42. The average molecular weight is 482 g/mol. The lowest BCUT2D eigenvalue weighted by atomic mass is 9.98. The molecule has 2 aliphatic rings. The molecule has 0 aromatic heterocycles. The molecule has 6 unspecified atom stereocenters. The maximum absolute atomic E-state index is 12.1. The second-order valence-electron chi connectivity index (χ2n) is 8.52. The second kappa shape index (κ2) is 11.8. The fraction of sp³-hybridized carbons (Fsp3) is 0.900. The predicted molar refractivity (Wildman–Crippen MR) is 107 cm³/mol. The molecule has 2 rings (SSSR count). The summed E-state index contributed by atoms with van der Waals surface area (Å²) in [7, 11) is 0. The number of carboxylic acids is 1. The quantitative estimate of drug-likeness (QED) is 0.195. The topological polar surface area (TPSA) is 202 Å². The number of esters is 1. The smallest absolute Gasteiger partial charge is 0.308 e. The lowest BCUT2D eigenvalue weighted by molar-refractivity contribution is -0.365. The first kappa shape index (κ1) is 27.8. The standard InChI is InChI=1S/C20H34O13/c1-7(5-11(21)22)29-12(23)6-8(2)30-20-18(16(27)14(25)10(4)32-20)33-19-17(28)15(26)13(24)9(3)31-19/h7-10,13-20,24-28H,5-6H2,1-4H3,(H,21,22)/t7?,8?,9?,10?,13-,14-,15-,16-,17?,18?,19-,20+/m0/s1. The van der Waals surface area contributed by atoms with Crippen molar-refractivity contribution < 1.29 is 63.9 Å². The van der Waals surface area contributed by atoms with E-state index in [1.165, 1.54) is 27.7 Å². The fourth-order valence-corrected chi connectivity index (χ4v) is 3.61. The Morgan fingerprint density at radius 3 is 1.91 bits per heavy atom. The molecule has 0 aliphatic carbocycles. The third-order valence-electron chi connectivity index (χ3n) is 5.50. The summed E-state index contributed by atoms with van der Waals surface area (Å²) in [4.78, 5) is 22.7. The highest BCUT2D eigenvalue weighted by atomic mass is 16.8. The Morgan fingerprint density at radius 1 is 0.788 bits per heavy atom. The van der Waals surface area contributed by atoms with Crippen molar-refractivity contribution in [3.05, 3.63) is 0 Å². The molecule has 13 nitrogen and oxygen atoms in total. The van der Waals surface area contributed by atoms with Gasteiger partial charge in [0.25, 0.3) is 0 Å². The molecule has 0 amide bonds. The van der Waals surface area contributed by atoms with E-state index in [9.17, 15) is 35.1 Å². The van der Waals surface area contributed by atoms with Gasteiger partial charge in [-0.25, -0.2) is 0 Å². The number of hydrogen-bond donors (Lipinski definition) is 6. The highest BCUT2D eigenvalue weighted by molar-refractivity contribution is 5.71. The van der Waals surface area contributed by atoms with Crippen LogP contribution in [0.5, 0.6) is 0 Å². The van der Waals surface area contributed by atoms with Crippen molar-refractivity contribution in [3.8, 4) is 0 Å². The summed E-state index contributed by atoms with van der Waals surface area (Å²) in [6.07, 6.45) is -15.8. The number of aliphatic hydroxyl groups is 5. The average Bonchev–Trinajstić information content (AvgIpc) is 2.70. The molecule has 192 valence electrons. The number of aliphatic carboxylic acids is 1. The maximum Gasteiger partial charge on any atom is 0.308 e. The molecule has 2 saturated heterocycles. The molecule has 0 saturated carbocycles. The van der Waals surface area contributed by atoms with Crippen molar-refractivity contribution in [2.75, 3.05) is 0 Å². The highest BCUT2D eigenvalue weighted by Gasteiger charge is 2.49. The van der Waals surface area contributed by atoms with Gasteiger partial charge in [0, 0.05) is 0 Å². The third-order valence-corrected chi connectivity index (χ3v) is 5.50. The van der Waals surface area contributed by atoms with Gasteiger partial charge >= 0.3 is 11.9 Å². The molecular weight excluding hydrogens is 448 g/mol. The number of ether oxygens (including phenoxy) is 5. The zero-order valence-electron chi connectivity index (χ0n) is 18.9. The van der Waals surface area contributed by atoms with Crippen LogP contribution >= 0.6 is 0 Å². The number of aliphatic hydroxyl groups excluding tert-OH is 5. The molecular formula is C20H34O13. The minimum Gasteiger partial charge on any atom is -0.481 e. The molecule has 0 spiro atoms. The minimum atomic E-state index is -1.66. The maximum atomic E-state index is 12.1. The molecule has 0 bridgehead atoms. The van der Waals surface area contributed by atoms with Crippen LogP contribution < -0.4 is 0 Å². The van der Waals surface area contributed by atoms with E-state index in [1.54, 1.807) is 0 Å². The van der Waals surface area contributed by atoms with Crippen LogP contribution in [0.2, 0.25) is 0 Å². The normalized spacial score (nSPS) is 41.2. The van der Waals surface area contributed by atoms with Crippen LogP contribution in [0.1, 0.15) is 40.5 Å². The summed E-state index contributed by atoms with van der Waals surface area (Å²) in [5.74, 6) is -1.83. The fourth-order valence-electron chi connectivity index (χ4n) is 3.61. The second-order valence-corrected chi connectivity index (χ2v) is 8.52. The summed E-state index contributed by atoms with van der Waals surface area (Å²) in [5, 5.41) is 59.5. The van der Waals surface area contributed by atoms with Crippen LogP contribution in [-0.4, -0.2) is 116 Å². The molecule has 13 heteroatoms. The number of carbonyl (C=O) groups excluding carboxylic acids is 1. The summed E-state index contributed by atoms with van der Waals surface area (Å²) < 4.78 is 27.3. The van der Waals surface area contributed by atoms with Crippen molar-refractivity contribution in [1.29, 1.82) is 0 Å². The van der Waals surface area contributed by atoms with Crippen LogP contribution in [0.3, 0.4) is 0 Å². The Kier molecular flexibility index (Phi) is 9.96. The zero-order valence-corrected chi connectivity index (χ0v) is 18.9. The first-order chi connectivity index (χ1) is 15.3. The van der Waals surface area contributed by atoms with Gasteiger partial charge in [-0.3, -0.25) is 9.59 Å². The molecule has 33 heavy (non-hydrogen) atoms. The van der Waals surface area contributed by atoms with E-state index < -0.39 is 85.6 Å². The lowest BCUT2D eigenvalue weighted by Crippen LogP contribution is -2.63. The summed E-state index contributed by atoms with van der Waals surface area (Å²) in [6.45, 7) is 5.89. The monoisotopic (exact) mass is 482 g/mol. The molecule has 0 radical (unpaired) electrons. The molecule has 2 aliphatic heterocycles. The first-order valence-electron chi connectivity index (χ1n) is 10.7. The van der Waals surface area contributed by atoms with Gasteiger partial charge in [-0.2, -0.15) is 0 Å². The van der Waals surface area contributed by atoms with E-state index in [4.69, 9.17) is 28.8 Å². The SMILES string of the molecule is CC(CC(=O)O)OC(=O)CC(C)O[C@@H]1OC(C)[C@H](O)[C@H](O)C1O[C@@H]1OC(C)[C@H](O)[C@H](O)C1O. The molecule has 0 aromatic carbocycles. The Morgan fingerprint density at radius 2 is 1.33 bits per heavy atom. The van der Waals surface area contributed by atoms with E-state index in [0.717, 1.165) is 0 Å². The predicted octanol–water partition coefficient (Wildman–Crippen LogP) is -2.13. The van der Waals surface area contributed by atoms with Crippen LogP contribution in [0, 0.1) is 0 Å². The van der Waals surface area contributed by atoms with Crippen LogP contribution in [0.15, 0.2) is 0 Å². The minimum absolute atomic E-state index is 0.270. The van der Waals surface area contributed by atoms with Crippen molar-refractivity contribution in [3.63, 3.8) is 0 Å². The van der Waals surface area contributed by atoms with Crippen molar-refractivity contribution in [1.82, 2.24) is 0 Å². The Bertz CT molecular complexity index is 660. The van der Waals surface area contributed by atoms with Gasteiger partial charge in [-0.1, -0.05) is 0 Å². The van der Waals surface area contributed by atoms with Crippen molar-refractivity contribution in [2.45, 2.75) is 114 Å². The van der Waals surface area contributed by atoms with Crippen molar-refractivity contribution >= 4 is 11.9 Å². The number of hydrogen-bond acceptors (Lipinski definition) is 12. The van der Waals surface area contributed by atoms with E-state index >= 15 is 0 Å². The van der Waals surface area contributed by atoms with Crippen LogP contribution in [0.4, 0.5) is 0 Å². The Balaban J connectivity index is 2.04. The summed E-state index contributed by atoms with van der Waals surface area (Å²) in [5.41, 5.74) is 0. The first-order valence-corrected chi connectivity index (χ1v) is 10.7. The molecule has 12 atom stereocenters. The largest absolute Gasteiger partial charge is 0.481 e. The van der Waals surface area contributed by atoms with Gasteiger partial charge in [0.15, 0.2) is 12.6 Å². The molecule has 2 fully saturated rings. The van der Waals surface area contributed by atoms with Gasteiger partial charge in [-0.15, -0.1) is 0 Å². The molecule has 2 heterocycles. The van der Waals surface area contributed by atoms with Gasteiger partial charge in [0.05, 0.1) is 31.2 Å². The van der Waals surface area contributed by atoms with E-state index in [2.05, 4.69) is 0 Å². The van der Waals surface area contributed by atoms with E-state index in [0.29, 0.717) is 0 Å². The van der Waals surface area contributed by atoms with Gasteiger partial charge in [-0.05, 0) is 27.7 Å². The molecule has 6 N–H and O–H groups in total. The number of carbonyl (C=O) groups is 2. The number of rotatable bonds is 9. The van der Waals surface area contributed by atoms with E-state index in [-0.39, 0.29) is 12.8 Å².